The summed E-state index contributed by atoms with van der Waals surface area (Å²) in [5, 5.41) is 4.50. The Kier molecular flexibility index (Phi) is 5.16. The van der Waals surface area contributed by atoms with E-state index < -0.39 is 0 Å². The molecule has 2 aromatic carbocycles. The molecule has 0 spiro atoms. The molecule has 106 valence electrons. The minimum atomic E-state index is 0.0366. The third-order valence-electron chi connectivity index (χ3n) is 2.78. The van der Waals surface area contributed by atoms with Crippen molar-refractivity contribution in [3.63, 3.8) is 0 Å². The summed E-state index contributed by atoms with van der Waals surface area (Å²) in [7, 11) is 0. The molecule has 0 radical (unpaired) electrons. The monoisotopic (exact) mass is 309 g/mol. The molecule has 1 N–H and O–H groups in total. The van der Waals surface area contributed by atoms with Crippen molar-refractivity contribution in [1.82, 2.24) is 0 Å². The van der Waals surface area contributed by atoms with Gasteiger partial charge >= 0.3 is 0 Å². The molecule has 2 nitrogen and oxygen atoms in total. The SMILES string of the molecule is Cc1cccc(O[C@@H](C)CNc2cc(Cl)cc(Cl)c2)c1. The molecule has 1 atom stereocenters. The summed E-state index contributed by atoms with van der Waals surface area (Å²) in [4.78, 5) is 0. The van der Waals surface area contributed by atoms with E-state index in [1.54, 1.807) is 6.07 Å². The maximum absolute atomic E-state index is 5.96. The van der Waals surface area contributed by atoms with E-state index in [0.717, 1.165) is 11.4 Å². The van der Waals surface area contributed by atoms with Crippen LogP contribution in [-0.4, -0.2) is 12.6 Å². The van der Waals surface area contributed by atoms with Crippen molar-refractivity contribution < 1.29 is 4.74 Å². The van der Waals surface area contributed by atoms with Crippen LogP contribution in [0.5, 0.6) is 5.75 Å². The van der Waals surface area contributed by atoms with E-state index in [9.17, 15) is 0 Å². The van der Waals surface area contributed by atoms with Crippen LogP contribution in [0, 0.1) is 6.92 Å². The minimum Gasteiger partial charge on any atom is -0.489 e. The second kappa shape index (κ2) is 6.87. The average molecular weight is 310 g/mol. The van der Waals surface area contributed by atoms with Gasteiger partial charge in [0, 0.05) is 15.7 Å². The van der Waals surface area contributed by atoms with Crippen molar-refractivity contribution >= 4 is 28.9 Å². The summed E-state index contributed by atoms with van der Waals surface area (Å²) in [5.74, 6) is 0.878. The maximum Gasteiger partial charge on any atom is 0.120 e. The molecule has 0 fully saturated rings. The summed E-state index contributed by atoms with van der Waals surface area (Å²) in [6.07, 6.45) is 0.0366. The molecule has 2 rings (SSSR count). The predicted octanol–water partition coefficient (Wildman–Crippen LogP) is 5.18. The highest BCUT2D eigenvalue weighted by atomic mass is 35.5. The van der Waals surface area contributed by atoms with E-state index in [1.165, 1.54) is 5.56 Å². The fraction of sp³-hybridized carbons (Fsp3) is 0.250. The Morgan fingerprint density at radius 1 is 1.10 bits per heavy atom. The molecule has 4 heteroatoms. The van der Waals surface area contributed by atoms with Gasteiger partial charge in [-0.15, -0.1) is 0 Å². The topological polar surface area (TPSA) is 21.3 Å². The van der Waals surface area contributed by atoms with E-state index in [1.807, 2.05) is 50.2 Å². The number of hydrogen-bond donors (Lipinski definition) is 1. The van der Waals surface area contributed by atoms with Gasteiger partial charge in [0.1, 0.15) is 11.9 Å². The normalized spacial score (nSPS) is 12.0. The van der Waals surface area contributed by atoms with Gasteiger partial charge in [-0.1, -0.05) is 35.3 Å². The standard InChI is InChI=1S/C16H17Cl2NO/c1-11-4-3-5-16(6-11)20-12(2)10-19-15-8-13(17)7-14(18)9-15/h3-9,12,19H,10H2,1-2H3/t12-/m0/s1. The lowest BCUT2D eigenvalue weighted by atomic mass is 10.2. The predicted molar refractivity (Wildman–Crippen MR) is 86.2 cm³/mol. The van der Waals surface area contributed by atoms with Crippen LogP contribution in [0.4, 0.5) is 5.69 Å². The molecular weight excluding hydrogens is 293 g/mol. The Labute approximate surface area is 129 Å². The fourth-order valence-corrected chi connectivity index (χ4v) is 2.41. The molecule has 0 saturated carbocycles. The van der Waals surface area contributed by atoms with Crippen molar-refractivity contribution in [3.8, 4) is 5.75 Å². The number of rotatable bonds is 5. The van der Waals surface area contributed by atoms with E-state index in [2.05, 4.69) is 5.32 Å². The van der Waals surface area contributed by atoms with E-state index in [-0.39, 0.29) is 6.10 Å². The Morgan fingerprint density at radius 3 is 2.45 bits per heavy atom. The van der Waals surface area contributed by atoms with Crippen LogP contribution < -0.4 is 10.1 Å². The molecule has 0 aliphatic rings. The third kappa shape index (κ3) is 4.62. The summed E-state index contributed by atoms with van der Waals surface area (Å²) in [5.41, 5.74) is 2.08. The molecule has 0 aliphatic carbocycles. The van der Waals surface area contributed by atoms with E-state index in [0.29, 0.717) is 16.6 Å². The number of aryl methyl sites for hydroxylation is 1. The highest BCUT2D eigenvalue weighted by Gasteiger charge is 2.05. The Balaban J connectivity index is 1.90. The second-order valence-electron chi connectivity index (χ2n) is 4.78. The smallest absolute Gasteiger partial charge is 0.120 e. The first-order valence-electron chi connectivity index (χ1n) is 6.46. The van der Waals surface area contributed by atoms with Gasteiger partial charge in [-0.3, -0.25) is 0 Å². The average Bonchev–Trinajstić information content (AvgIpc) is 2.35. The van der Waals surface area contributed by atoms with Gasteiger partial charge in [0.15, 0.2) is 0 Å². The molecule has 0 aromatic heterocycles. The molecular formula is C16H17Cl2NO. The highest BCUT2D eigenvalue weighted by Crippen LogP contribution is 2.22. The molecule has 20 heavy (non-hydrogen) atoms. The zero-order valence-corrected chi connectivity index (χ0v) is 13.0. The molecule has 0 heterocycles. The van der Waals surface area contributed by atoms with Crippen molar-refractivity contribution in [2.24, 2.45) is 0 Å². The fourth-order valence-electron chi connectivity index (χ4n) is 1.88. The zero-order valence-electron chi connectivity index (χ0n) is 11.5. The number of ether oxygens (including phenoxy) is 1. The Hall–Kier alpha value is -1.38. The van der Waals surface area contributed by atoms with Crippen molar-refractivity contribution in [1.29, 1.82) is 0 Å². The van der Waals surface area contributed by atoms with Crippen molar-refractivity contribution in [2.75, 3.05) is 11.9 Å². The van der Waals surface area contributed by atoms with Gasteiger partial charge in [-0.05, 0) is 49.7 Å². The van der Waals surface area contributed by atoms with Crippen LogP contribution in [0.1, 0.15) is 12.5 Å². The van der Waals surface area contributed by atoms with Crippen LogP contribution in [0.3, 0.4) is 0 Å². The van der Waals surface area contributed by atoms with Crippen molar-refractivity contribution in [3.05, 3.63) is 58.1 Å². The largest absolute Gasteiger partial charge is 0.489 e. The maximum atomic E-state index is 5.96. The highest BCUT2D eigenvalue weighted by molar-refractivity contribution is 6.35. The van der Waals surface area contributed by atoms with Crippen molar-refractivity contribution in [2.45, 2.75) is 20.0 Å². The number of anilines is 1. The lowest BCUT2D eigenvalue weighted by molar-refractivity contribution is 0.234. The summed E-state index contributed by atoms with van der Waals surface area (Å²) in [6, 6.07) is 13.4. The lowest BCUT2D eigenvalue weighted by Gasteiger charge is -2.16. The summed E-state index contributed by atoms with van der Waals surface area (Å²) in [6.45, 7) is 4.73. The molecule has 0 bridgehead atoms. The Bertz CT molecular complexity index is 566. The first-order chi connectivity index (χ1) is 9.52. The summed E-state index contributed by atoms with van der Waals surface area (Å²) >= 11 is 11.9. The second-order valence-corrected chi connectivity index (χ2v) is 5.66. The van der Waals surface area contributed by atoms with Crippen LogP contribution in [-0.2, 0) is 0 Å². The van der Waals surface area contributed by atoms with E-state index in [4.69, 9.17) is 27.9 Å². The number of halogens is 2. The molecule has 0 unspecified atom stereocenters. The van der Waals surface area contributed by atoms with E-state index >= 15 is 0 Å². The third-order valence-corrected chi connectivity index (χ3v) is 3.22. The number of hydrogen-bond acceptors (Lipinski definition) is 2. The van der Waals surface area contributed by atoms with Crippen LogP contribution >= 0.6 is 23.2 Å². The van der Waals surface area contributed by atoms with Gasteiger partial charge in [0.2, 0.25) is 0 Å². The zero-order chi connectivity index (χ0) is 14.5. The van der Waals surface area contributed by atoms with Gasteiger partial charge in [0.05, 0.1) is 6.54 Å². The first kappa shape index (κ1) is 15.0. The Morgan fingerprint density at radius 2 is 1.80 bits per heavy atom. The molecule has 0 aliphatic heterocycles. The van der Waals surface area contributed by atoms with Gasteiger partial charge in [-0.2, -0.15) is 0 Å². The number of nitrogens with one attached hydrogen (secondary N) is 1. The first-order valence-corrected chi connectivity index (χ1v) is 7.22. The van der Waals surface area contributed by atoms with Crippen LogP contribution in [0.2, 0.25) is 10.0 Å². The quantitative estimate of drug-likeness (QED) is 0.821. The van der Waals surface area contributed by atoms with Crippen LogP contribution in [0.25, 0.3) is 0 Å². The molecule has 0 saturated heterocycles. The van der Waals surface area contributed by atoms with Gasteiger partial charge in [-0.25, -0.2) is 0 Å². The lowest BCUT2D eigenvalue weighted by Crippen LogP contribution is -2.22. The van der Waals surface area contributed by atoms with Crippen LogP contribution in [0.15, 0.2) is 42.5 Å². The minimum absolute atomic E-state index is 0.0366. The van der Waals surface area contributed by atoms with Gasteiger partial charge in [0.25, 0.3) is 0 Å². The number of benzene rings is 2. The summed E-state index contributed by atoms with van der Waals surface area (Å²) < 4.78 is 5.85. The van der Waals surface area contributed by atoms with Gasteiger partial charge < -0.3 is 10.1 Å². The molecule has 2 aromatic rings. The molecule has 0 amide bonds.